The Kier molecular flexibility index (Phi) is 4.18. The number of benzene rings is 1. The van der Waals surface area contributed by atoms with Crippen LogP contribution in [0.2, 0.25) is 10.2 Å². The first-order valence-electron chi connectivity index (χ1n) is 5.21. The standard InChI is InChI=1S/C13H9Cl2NO2/c14-10-2-4-11(5-3-10)18-12-6-1-9(7-8-17)13(15)16-12/h1-6,8H,7H2. The summed E-state index contributed by atoms with van der Waals surface area (Å²) in [6.45, 7) is 0. The maximum Gasteiger partial charge on any atom is 0.220 e. The molecule has 2 aromatic rings. The van der Waals surface area contributed by atoms with Gasteiger partial charge in [-0.2, -0.15) is 0 Å². The molecular formula is C13H9Cl2NO2. The number of rotatable bonds is 4. The lowest BCUT2D eigenvalue weighted by Crippen LogP contribution is -1.93. The van der Waals surface area contributed by atoms with Gasteiger partial charge >= 0.3 is 0 Å². The minimum atomic E-state index is 0.243. The summed E-state index contributed by atoms with van der Waals surface area (Å²) in [5.41, 5.74) is 0.676. The van der Waals surface area contributed by atoms with Crippen molar-refractivity contribution in [1.82, 2.24) is 4.98 Å². The Labute approximate surface area is 114 Å². The molecule has 0 aliphatic carbocycles. The summed E-state index contributed by atoms with van der Waals surface area (Å²) in [6, 6.07) is 10.3. The Bertz CT molecular complexity index is 555. The highest BCUT2D eigenvalue weighted by atomic mass is 35.5. The van der Waals surface area contributed by atoms with Crippen LogP contribution in [-0.2, 0) is 11.2 Å². The van der Waals surface area contributed by atoms with Crippen molar-refractivity contribution in [2.24, 2.45) is 0 Å². The molecule has 0 saturated heterocycles. The van der Waals surface area contributed by atoms with Gasteiger partial charge in [-0.25, -0.2) is 4.98 Å². The van der Waals surface area contributed by atoms with Crippen molar-refractivity contribution in [2.75, 3.05) is 0 Å². The summed E-state index contributed by atoms with van der Waals surface area (Å²) >= 11 is 11.7. The number of halogens is 2. The van der Waals surface area contributed by atoms with Crippen molar-refractivity contribution in [1.29, 1.82) is 0 Å². The topological polar surface area (TPSA) is 39.2 Å². The highest BCUT2D eigenvalue weighted by Crippen LogP contribution is 2.24. The predicted octanol–water partition coefficient (Wildman–Crippen LogP) is 3.92. The Balaban J connectivity index is 2.17. The van der Waals surface area contributed by atoms with E-state index in [1.807, 2.05) is 0 Å². The number of hydrogen-bond acceptors (Lipinski definition) is 3. The smallest absolute Gasteiger partial charge is 0.220 e. The lowest BCUT2D eigenvalue weighted by Gasteiger charge is -2.06. The third-order valence-electron chi connectivity index (χ3n) is 2.24. The molecule has 0 aliphatic rings. The monoisotopic (exact) mass is 281 g/mol. The second-order valence-electron chi connectivity index (χ2n) is 3.53. The molecule has 2 rings (SSSR count). The van der Waals surface area contributed by atoms with Crippen LogP contribution in [0.4, 0.5) is 0 Å². The molecule has 3 nitrogen and oxygen atoms in total. The van der Waals surface area contributed by atoms with Crippen molar-refractivity contribution in [3.8, 4) is 11.6 Å². The van der Waals surface area contributed by atoms with Crippen molar-refractivity contribution >= 4 is 29.5 Å². The molecule has 18 heavy (non-hydrogen) atoms. The fraction of sp³-hybridized carbons (Fsp3) is 0.0769. The molecule has 1 aromatic carbocycles. The van der Waals surface area contributed by atoms with Crippen LogP contribution in [0.25, 0.3) is 0 Å². The Morgan fingerprint density at radius 3 is 2.44 bits per heavy atom. The van der Waals surface area contributed by atoms with Gasteiger partial charge in [-0.05, 0) is 29.8 Å². The van der Waals surface area contributed by atoms with Gasteiger partial charge in [0.25, 0.3) is 0 Å². The first-order valence-corrected chi connectivity index (χ1v) is 5.97. The Morgan fingerprint density at radius 2 is 1.83 bits per heavy atom. The lowest BCUT2D eigenvalue weighted by molar-refractivity contribution is -0.107. The number of carbonyl (C=O) groups is 1. The highest BCUT2D eigenvalue weighted by Gasteiger charge is 2.05. The van der Waals surface area contributed by atoms with E-state index in [1.165, 1.54) is 0 Å². The molecule has 5 heteroatoms. The third kappa shape index (κ3) is 3.22. The van der Waals surface area contributed by atoms with Gasteiger partial charge in [0.15, 0.2) is 0 Å². The summed E-state index contributed by atoms with van der Waals surface area (Å²) < 4.78 is 5.50. The van der Waals surface area contributed by atoms with E-state index in [9.17, 15) is 4.79 Å². The van der Waals surface area contributed by atoms with E-state index in [4.69, 9.17) is 27.9 Å². The normalized spacial score (nSPS) is 10.1. The molecule has 0 amide bonds. The van der Waals surface area contributed by atoms with Crippen LogP contribution in [-0.4, -0.2) is 11.3 Å². The molecule has 0 aliphatic heterocycles. The van der Waals surface area contributed by atoms with Crippen LogP contribution < -0.4 is 4.74 Å². The first-order chi connectivity index (χ1) is 8.69. The van der Waals surface area contributed by atoms with E-state index in [0.717, 1.165) is 6.29 Å². The minimum absolute atomic E-state index is 0.243. The molecule has 1 heterocycles. The molecule has 0 bridgehead atoms. The van der Waals surface area contributed by atoms with Crippen molar-refractivity contribution in [3.63, 3.8) is 0 Å². The lowest BCUT2D eigenvalue weighted by atomic mass is 10.2. The summed E-state index contributed by atoms with van der Waals surface area (Å²) in [5.74, 6) is 0.989. The van der Waals surface area contributed by atoms with Gasteiger partial charge in [0.2, 0.25) is 5.88 Å². The van der Waals surface area contributed by atoms with Crippen LogP contribution >= 0.6 is 23.2 Å². The number of ether oxygens (including phenoxy) is 1. The minimum Gasteiger partial charge on any atom is -0.439 e. The second-order valence-corrected chi connectivity index (χ2v) is 4.32. The van der Waals surface area contributed by atoms with Crippen LogP contribution in [0.5, 0.6) is 11.6 Å². The van der Waals surface area contributed by atoms with E-state index in [1.54, 1.807) is 36.4 Å². The van der Waals surface area contributed by atoms with Gasteiger partial charge in [-0.1, -0.05) is 29.3 Å². The largest absolute Gasteiger partial charge is 0.439 e. The summed E-state index contributed by atoms with van der Waals surface area (Å²) in [7, 11) is 0. The molecule has 0 spiro atoms. The van der Waals surface area contributed by atoms with Crippen LogP contribution in [0.15, 0.2) is 36.4 Å². The zero-order valence-corrected chi connectivity index (χ0v) is 10.8. The summed E-state index contributed by atoms with van der Waals surface area (Å²) in [6.07, 6.45) is 1.02. The SMILES string of the molecule is O=CCc1ccc(Oc2ccc(Cl)cc2)nc1Cl. The molecule has 0 atom stereocenters. The van der Waals surface area contributed by atoms with Crippen molar-refractivity contribution in [3.05, 3.63) is 52.1 Å². The Hall–Kier alpha value is -1.58. The van der Waals surface area contributed by atoms with Crippen LogP contribution in [0, 0.1) is 0 Å². The zero-order valence-electron chi connectivity index (χ0n) is 9.27. The van der Waals surface area contributed by atoms with Gasteiger partial charge in [-0.3, -0.25) is 0 Å². The number of pyridine rings is 1. The molecule has 0 N–H and O–H groups in total. The third-order valence-corrected chi connectivity index (χ3v) is 2.82. The number of aldehydes is 1. The Morgan fingerprint density at radius 1 is 1.11 bits per heavy atom. The average Bonchev–Trinajstić information content (AvgIpc) is 2.36. The maximum absolute atomic E-state index is 10.4. The summed E-state index contributed by atoms with van der Waals surface area (Å²) in [5, 5.41) is 0.906. The number of aromatic nitrogens is 1. The van der Waals surface area contributed by atoms with Gasteiger partial charge < -0.3 is 9.53 Å². The zero-order chi connectivity index (χ0) is 13.0. The molecule has 0 saturated carbocycles. The van der Waals surface area contributed by atoms with Crippen molar-refractivity contribution in [2.45, 2.75) is 6.42 Å². The van der Waals surface area contributed by atoms with E-state index >= 15 is 0 Å². The highest BCUT2D eigenvalue weighted by molar-refractivity contribution is 6.30. The first kappa shape index (κ1) is 12.9. The number of nitrogens with zero attached hydrogens (tertiary/aromatic N) is 1. The molecule has 0 radical (unpaired) electrons. The average molecular weight is 282 g/mol. The predicted molar refractivity (Wildman–Crippen MR) is 70.5 cm³/mol. The van der Waals surface area contributed by atoms with Crippen LogP contribution in [0.3, 0.4) is 0 Å². The van der Waals surface area contributed by atoms with Gasteiger partial charge in [0.1, 0.15) is 17.2 Å². The molecule has 92 valence electrons. The van der Waals surface area contributed by atoms with E-state index in [0.29, 0.717) is 22.2 Å². The molecule has 1 aromatic heterocycles. The quantitative estimate of drug-likeness (QED) is 0.630. The van der Waals surface area contributed by atoms with E-state index < -0.39 is 0 Å². The summed E-state index contributed by atoms with van der Waals surface area (Å²) in [4.78, 5) is 14.5. The fourth-order valence-corrected chi connectivity index (χ4v) is 1.72. The molecular weight excluding hydrogens is 273 g/mol. The maximum atomic E-state index is 10.4. The number of hydrogen-bond donors (Lipinski definition) is 0. The van der Waals surface area contributed by atoms with E-state index in [2.05, 4.69) is 4.98 Å². The van der Waals surface area contributed by atoms with Gasteiger partial charge in [-0.15, -0.1) is 0 Å². The molecule has 0 unspecified atom stereocenters. The van der Waals surface area contributed by atoms with Crippen molar-refractivity contribution < 1.29 is 9.53 Å². The van der Waals surface area contributed by atoms with Crippen LogP contribution in [0.1, 0.15) is 5.56 Å². The van der Waals surface area contributed by atoms with Gasteiger partial charge in [0.05, 0.1) is 0 Å². The van der Waals surface area contributed by atoms with Gasteiger partial charge in [0, 0.05) is 17.5 Å². The van der Waals surface area contributed by atoms with E-state index in [-0.39, 0.29) is 11.6 Å². The second kappa shape index (κ2) is 5.85. The fourth-order valence-electron chi connectivity index (χ4n) is 1.37. The molecule has 0 fully saturated rings. The number of carbonyl (C=O) groups excluding carboxylic acids is 1.